The van der Waals surface area contributed by atoms with Crippen LogP contribution in [0.4, 0.5) is 0 Å². The summed E-state index contributed by atoms with van der Waals surface area (Å²) in [6.45, 7) is 0. The molecule has 0 bridgehead atoms. The topological polar surface area (TPSA) is 37.3 Å². The molecule has 2 aliphatic rings. The van der Waals surface area contributed by atoms with Gasteiger partial charge in [-0.05, 0) is 29.2 Å². The van der Waals surface area contributed by atoms with Gasteiger partial charge < -0.3 is 5.11 Å². The van der Waals surface area contributed by atoms with Gasteiger partial charge in [-0.1, -0.05) is 30.2 Å². The largest absolute Gasteiger partial charge is 0.515 e. The SMILES string of the molecule is C#CC12CC(=CO)C(=O)C=C1c1ccccc1C2. The van der Waals surface area contributed by atoms with Gasteiger partial charge >= 0.3 is 0 Å². The number of fused-ring (bicyclic) bond motifs is 3. The van der Waals surface area contributed by atoms with Gasteiger partial charge in [-0.3, -0.25) is 4.79 Å². The van der Waals surface area contributed by atoms with Gasteiger partial charge in [-0.25, -0.2) is 0 Å². The second-order valence-electron chi connectivity index (χ2n) is 4.81. The van der Waals surface area contributed by atoms with Crippen molar-refractivity contribution in [1.29, 1.82) is 0 Å². The molecule has 18 heavy (non-hydrogen) atoms. The van der Waals surface area contributed by atoms with Crippen molar-refractivity contribution in [1.82, 2.24) is 0 Å². The highest BCUT2D eigenvalue weighted by Gasteiger charge is 2.44. The first-order valence-corrected chi connectivity index (χ1v) is 5.86. The maximum Gasteiger partial charge on any atom is 0.185 e. The number of ketones is 1. The van der Waals surface area contributed by atoms with Crippen LogP contribution in [-0.2, 0) is 11.2 Å². The lowest BCUT2D eigenvalue weighted by atomic mass is 9.71. The Bertz CT molecular complexity index is 643. The van der Waals surface area contributed by atoms with Crippen molar-refractivity contribution in [2.45, 2.75) is 12.8 Å². The van der Waals surface area contributed by atoms with E-state index < -0.39 is 5.41 Å². The van der Waals surface area contributed by atoms with Crippen LogP contribution in [0, 0.1) is 17.8 Å². The molecular weight excluding hydrogens is 224 g/mol. The molecule has 2 nitrogen and oxygen atoms in total. The lowest BCUT2D eigenvalue weighted by molar-refractivity contribution is -0.111. The summed E-state index contributed by atoms with van der Waals surface area (Å²) in [6, 6.07) is 7.97. The van der Waals surface area contributed by atoms with E-state index in [1.165, 1.54) is 5.56 Å². The zero-order valence-electron chi connectivity index (χ0n) is 9.81. The van der Waals surface area contributed by atoms with E-state index in [9.17, 15) is 4.79 Å². The third kappa shape index (κ3) is 1.28. The molecule has 2 aliphatic carbocycles. The van der Waals surface area contributed by atoms with Crippen LogP contribution < -0.4 is 0 Å². The first kappa shape index (κ1) is 10.9. The number of allylic oxidation sites excluding steroid dienone is 3. The van der Waals surface area contributed by atoms with Crippen molar-refractivity contribution in [3.8, 4) is 12.3 Å². The van der Waals surface area contributed by atoms with Crippen LogP contribution >= 0.6 is 0 Å². The smallest absolute Gasteiger partial charge is 0.185 e. The summed E-state index contributed by atoms with van der Waals surface area (Å²) in [5.41, 5.74) is 3.10. The zero-order chi connectivity index (χ0) is 12.8. The lowest BCUT2D eigenvalue weighted by Crippen LogP contribution is -2.25. The Morgan fingerprint density at radius 3 is 2.83 bits per heavy atom. The summed E-state index contributed by atoms with van der Waals surface area (Å²) in [4.78, 5) is 11.9. The van der Waals surface area contributed by atoms with Crippen LogP contribution in [-0.4, -0.2) is 10.9 Å². The Labute approximate surface area is 106 Å². The first-order chi connectivity index (χ1) is 8.70. The second-order valence-corrected chi connectivity index (χ2v) is 4.81. The molecular formula is C16H12O2. The molecule has 1 aromatic rings. The number of aliphatic hydroxyl groups excluding tert-OH is 1. The maximum absolute atomic E-state index is 11.9. The standard InChI is InChI=1S/C16H12O2/c1-2-16-8-11-5-3-4-6-13(11)14(16)7-15(18)12(9-16)10-17/h1,3-7,10,17H,8-9H2. The summed E-state index contributed by atoms with van der Waals surface area (Å²) < 4.78 is 0. The fraction of sp³-hybridized carbons (Fsp3) is 0.188. The number of hydrogen-bond acceptors (Lipinski definition) is 2. The molecule has 88 valence electrons. The Balaban J connectivity index is 2.24. The molecule has 1 aromatic carbocycles. The molecule has 0 fully saturated rings. The van der Waals surface area contributed by atoms with Crippen LogP contribution in [0.15, 0.2) is 42.2 Å². The van der Waals surface area contributed by atoms with Crippen molar-refractivity contribution < 1.29 is 9.90 Å². The number of hydrogen-bond donors (Lipinski definition) is 1. The van der Waals surface area contributed by atoms with Gasteiger partial charge in [0.05, 0.1) is 11.7 Å². The van der Waals surface area contributed by atoms with Gasteiger partial charge in [0.2, 0.25) is 0 Å². The van der Waals surface area contributed by atoms with Crippen LogP contribution in [0.2, 0.25) is 0 Å². The molecule has 0 spiro atoms. The summed E-state index contributed by atoms with van der Waals surface area (Å²) in [5.74, 6) is 2.70. The van der Waals surface area contributed by atoms with E-state index in [0.29, 0.717) is 12.0 Å². The predicted octanol–water partition coefficient (Wildman–Crippen LogP) is 2.66. The van der Waals surface area contributed by atoms with E-state index in [0.717, 1.165) is 23.8 Å². The fourth-order valence-corrected chi connectivity index (χ4v) is 2.91. The highest BCUT2D eigenvalue weighted by molar-refractivity contribution is 6.12. The number of aliphatic hydroxyl groups is 1. The summed E-state index contributed by atoms with van der Waals surface area (Å²) in [6.07, 6.45) is 9.33. The Hall–Kier alpha value is -2.27. The van der Waals surface area contributed by atoms with Gasteiger partial charge in [-0.2, -0.15) is 0 Å². The number of rotatable bonds is 0. The molecule has 2 heteroatoms. The normalized spacial score (nSPS) is 27.4. The van der Waals surface area contributed by atoms with Crippen LogP contribution in [0.1, 0.15) is 17.5 Å². The molecule has 3 rings (SSSR count). The van der Waals surface area contributed by atoms with Gasteiger partial charge in [0.15, 0.2) is 5.78 Å². The minimum absolute atomic E-state index is 0.143. The average molecular weight is 236 g/mol. The number of terminal acetylenes is 1. The van der Waals surface area contributed by atoms with E-state index in [-0.39, 0.29) is 5.78 Å². The van der Waals surface area contributed by atoms with Crippen LogP contribution in [0.3, 0.4) is 0 Å². The minimum atomic E-state index is -0.466. The molecule has 0 amide bonds. The Morgan fingerprint density at radius 2 is 2.11 bits per heavy atom. The maximum atomic E-state index is 11.9. The molecule has 0 saturated heterocycles. The third-order valence-electron chi connectivity index (χ3n) is 3.83. The molecule has 0 heterocycles. The van der Waals surface area contributed by atoms with Crippen molar-refractivity contribution in [2.24, 2.45) is 5.41 Å². The summed E-state index contributed by atoms with van der Waals surface area (Å²) >= 11 is 0. The second kappa shape index (κ2) is 3.61. The Morgan fingerprint density at radius 1 is 1.33 bits per heavy atom. The first-order valence-electron chi connectivity index (χ1n) is 5.86. The zero-order valence-corrected chi connectivity index (χ0v) is 9.81. The fourth-order valence-electron chi connectivity index (χ4n) is 2.91. The highest BCUT2D eigenvalue weighted by atomic mass is 16.2. The highest BCUT2D eigenvalue weighted by Crippen LogP contribution is 2.52. The van der Waals surface area contributed by atoms with Crippen LogP contribution in [0.25, 0.3) is 5.57 Å². The van der Waals surface area contributed by atoms with Crippen molar-refractivity contribution in [3.63, 3.8) is 0 Å². The molecule has 0 saturated carbocycles. The molecule has 0 aliphatic heterocycles. The van der Waals surface area contributed by atoms with Gasteiger partial charge in [-0.15, -0.1) is 6.42 Å². The quantitative estimate of drug-likeness (QED) is 0.427. The van der Waals surface area contributed by atoms with Crippen molar-refractivity contribution in [2.75, 3.05) is 0 Å². The third-order valence-corrected chi connectivity index (χ3v) is 3.83. The molecule has 1 unspecified atom stereocenters. The van der Waals surface area contributed by atoms with E-state index in [2.05, 4.69) is 5.92 Å². The molecule has 1 N–H and O–H groups in total. The van der Waals surface area contributed by atoms with Gasteiger partial charge in [0.1, 0.15) is 0 Å². The predicted molar refractivity (Wildman–Crippen MR) is 69.7 cm³/mol. The number of carbonyl (C=O) groups excluding carboxylic acids is 1. The number of benzene rings is 1. The van der Waals surface area contributed by atoms with Crippen LogP contribution in [0.5, 0.6) is 0 Å². The molecule has 1 atom stereocenters. The van der Waals surface area contributed by atoms with Gasteiger partial charge in [0.25, 0.3) is 0 Å². The average Bonchev–Trinajstić information content (AvgIpc) is 2.72. The van der Waals surface area contributed by atoms with Crippen molar-refractivity contribution >= 4 is 11.4 Å². The molecule has 0 aromatic heterocycles. The number of carbonyl (C=O) groups is 1. The monoisotopic (exact) mass is 236 g/mol. The van der Waals surface area contributed by atoms with E-state index >= 15 is 0 Å². The lowest BCUT2D eigenvalue weighted by Gasteiger charge is -2.29. The Kier molecular flexibility index (Phi) is 2.18. The van der Waals surface area contributed by atoms with E-state index in [1.54, 1.807) is 6.08 Å². The summed E-state index contributed by atoms with van der Waals surface area (Å²) in [5, 5.41) is 9.13. The van der Waals surface area contributed by atoms with E-state index in [4.69, 9.17) is 11.5 Å². The minimum Gasteiger partial charge on any atom is -0.515 e. The summed E-state index contributed by atoms with van der Waals surface area (Å²) in [7, 11) is 0. The molecule has 0 radical (unpaired) electrons. The van der Waals surface area contributed by atoms with Gasteiger partial charge in [0, 0.05) is 12.0 Å². The van der Waals surface area contributed by atoms with E-state index in [1.807, 2.05) is 24.3 Å². The van der Waals surface area contributed by atoms with Crippen molar-refractivity contribution in [3.05, 3.63) is 53.3 Å².